The lowest BCUT2D eigenvalue weighted by molar-refractivity contribution is 0.381. The van der Waals surface area contributed by atoms with E-state index in [0.717, 1.165) is 12.8 Å². The van der Waals surface area contributed by atoms with Crippen molar-refractivity contribution >= 4 is 5.84 Å². The minimum absolute atomic E-state index is 0.0764. The fraction of sp³-hybridized carbons (Fsp3) is 0.800. The Kier molecular flexibility index (Phi) is 1.19. The van der Waals surface area contributed by atoms with Gasteiger partial charge in [0.05, 0.1) is 0 Å². The quantitative estimate of drug-likeness (QED) is 0.404. The fourth-order valence-electron chi connectivity index (χ4n) is 0.643. The zero-order valence-corrected chi connectivity index (χ0v) is 4.52. The molecule has 1 aliphatic rings. The highest BCUT2D eigenvalue weighted by atomic mass is 19.1. The standard InChI is InChI=1S/C5H9FN2/c6-4(5(7)8)3-1-2-3/h3-4H,1-2H2,(H3,7,8). The van der Waals surface area contributed by atoms with Crippen molar-refractivity contribution in [2.75, 3.05) is 0 Å². The molecule has 0 amide bonds. The SMILES string of the molecule is N=C(N)C(F)C1CC1. The molecule has 1 saturated carbocycles. The molecule has 0 saturated heterocycles. The van der Waals surface area contributed by atoms with Crippen molar-refractivity contribution in [3.63, 3.8) is 0 Å². The van der Waals surface area contributed by atoms with Gasteiger partial charge >= 0.3 is 0 Å². The third-order valence-corrected chi connectivity index (χ3v) is 1.33. The van der Waals surface area contributed by atoms with E-state index in [9.17, 15) is 4.39 Å². The molecule has 2 nitrogen and oxygen atoms in total. The molecule has 1 atom stereocenters. The number of nitrogens with one attached hydrogen (secondary N) is 1. The molecule has 0 heterocycles. The summed E-state index contributed by atoms with van der Waals surface area (Å²) >= 11 is 0. The average molecular weight is 116 g/mol. The summed E-state index contributed by atoms with van der Waals surface area (Å²) in [4.78, 5) is 0. The van der Waals surface area contributed by atoms with Crippen molar-refractivity contribution in [2.45, 2.75) is 19.0 Å². The van der Waals surface area contributed by atoms with Crippen LogP contribution in [0.2, 0.25) is 0 Å². The topological polar surface area (TPSA) is 49.9 Å². The van der Waals surface area contributed by atoms with Gasteiger partial charge in [0.2, 0.25) is 0 Å². The van der Waals surface area contributed by atoms with Crippen LogP contribution in [0.25, 0.3) is 0 Å². The molecule has 3 N–H and O–H groups in total. The van der Waals surface area contributed by atoms with Crippen LogP contribution in [0.4, 0.5) is 4.39 Å². The van der Waals surface area contributed by atoms with Gasteiger partial charge in [-0.1, -0.05) is 0 Å². The first-order chi connectivity index (χ1) is 3.72. The van der Waals surface area contributed by atoms with Crippen molar-refractivity contribution in [1.29, 1.82) is 5.41 Å². The molecule has 1 aliphatic carbocycles. The fourth-order valence-corrected chi connectivity index (χ4v) is 0.643. The molecule has 1 rings (SSSR count). The zero-order chi connectivity index (χ0) is 6.15. The van der Waals surface area contributed by atoms with Gasteiger partial charge in [-0.05, 0) is 18.8 Å². The van der Waals surface area contributed by atoms with E-state index >= 15 is 0 Å². The summed E-state index contributed by atoms with van der Waals surface area (Å²) in [6.07, 6.45) is 0.650. The average Bonchev–Trinajstić information content (AvgIpc) is 2.43. The monoisotopic (exact) mass is 116 g/mol. The van der Waals surface area contributed by atoms with Crippen LogP contribution in [-0.4, -0.2) is 12.0 Å². The van der Waals surface area contributed by atoms with Gasteiger partial charge in [0.15, 0.2) is 6.17 Å². The second-order valence-electron chi connectivity index (χ2n) is 2.19. The normalized spacial score (nSPS) is 22.6. The highest BCUT2D eigenvalue weighted by Gasteiger charge is 2.32. The molecular weight excluding hydrogens is 107 g/mol. The molecule has 0 aromatic carbocycles. The Hall–Kier alpha value is -0.600. The van der Waals surface area contributed by atoms with Gasteiger partial charge < -0.3 is 5.73 Å². The summed E-state index contributed by atoms with van der Waals surface area (Å²) in [5.41, 5.74) is 4.89. The van der Waals surface area contributed by atoms with E-state index in [-0.39, 0.29) is 11.8 Å². The van der Waals surface area contributed by atoms with Gasteiger partial charge in [0.1, 0.15) is 5.84 Å². The lowest BCUT2D eigenvalue weighted by Gasteiger charge is -2.00. The number of hydrogen-bond acceptors (Lipinski definition) is 1. The summed E-state index contributed by atoms with van der Waals surface area (Å²) in [6.45, 7) is 0. The molecule has 0 radical (unpaired) electrons. The molecular formula is C5H9FN2. The summed E-state index contributed by atoms with van der Waals surface area (Å²) in [7, 11) is 0. The predicted molar refractivity (Wildman–Crippen MR) is 29.5 cm³/mol. The maximum atomic E-state index is 12.4. The Balaban J connectivity index is 2.32. The van der Waals surface area contributed by atoms with Gasteiger partial charge in [-0.3, -0.25) is 5.41 Å². The Morgan fingerprint density at radius 3 is 2.38 bits per heavy atom. The Labute approximate surface area is 47.4 Å². The van der Waals surface area contributed by atoms with Crippen molar-refractivity contribution in [1.82, 2.24) is 0 Å². The Morgan fingerprint density at radius 2 is 2.25 bits per heavy atom. The molecule has 1 fully saturated rings. The Morgan fingerprint density at radius 1 is 1.75 bits per heavy atom. The van der Waals surface area contributed by atoms with Crippen LogP contribution in [0.5, 0.6) is 0 Å². The summed E-state index contributed by atoms with van der Waals surface area (Å²) in [6, 6.07) is 0. The molecule has 0 bridgehead atoms. The minimum Gasteiger partial charge on any atom is -0.385 e. The van der Waals surface area contributed by atoms with E-state index in [1.54, 1.807) is 0 Å². The lowest BCUT2D eigenvalue weighted by atomic mass is 10.2. The van der Waals surface area contributed by atoms with Crippen molar-refractivity contribution in [3.05, 3.63) is 0 Å². The van der Waals surface area contributed by atoms with E-state index in [2.05, 4.69) is 0 Å². The summed E-state index contributed by atoms with van der Waals surface area (Å²) in [5, 5.41) is 6.67. The third-order valence-electron chi connectivity index (χ3n) is 1.33. The van der Waals surface area contributed by atoms with Gasteiger partial charge in [-0.2, -0.15) is 0 Å². The number of halogens is 1. The van der Waals surface area contributed by atoms with Crippen LogP contribution in [0, 0.1) is 11.3 Å². The molecule has 46 valence electrons. The maximum absolute atomic E-state index is 12.4. The van der Waals surface area contributed by atoms with Crippen LogP contribution in [0.1, 0.15) is 12.8 Å². The minimum atomic E-state index is -1.16. The second kappa shape index (κ2) is 1.73. The van der Waals surface area contributed by atoms with Crippen LogP contribution in [-0.2, 0) is 0 Å². The van der Waals surface area contributed by atoms with E-state index in [0.29, 0.717) is 0 Å². The second-order valence-corrected chi connectivity index (χ2v) is 2.19. The molecule has 0 aromatic heterocycles. The van der Waals surface area contributed by atoms with Gasteiger partial charge in [0.25, 0.3) is 0 Å². The molecule has 3 heteroatoms. The van der Waals surface area contributed by atoms with E-state index < -0.39 is 6.17 Å². The molecule has 0 aliphatic heterocycles. The molecule has 0 spiro atoms. The summed E-state index contributed by atoms with van der Waals surface area (Å²) in [5.74, 6) is -0.236. The highest BCUT2D eigenvalue weighted by molar-refractivity contribution is 5.82. The van der Waals surface area contributed by atoms with E-state index in [4.69, 9.17) is 11.1 Å². The number of hydrogen-bond donors (Lipinski definition) is 2. The first kappa shape index (κ1) is 5.54. The van der Waals surface area contributed by atoms with Crippen LogP contribution in [0.15, 0.2) is 0 Å². The largest absolute Gasteiger partial charge is 0.385 e. The first-order valence-corrected chi connectivity index (χ1v) is 2.70. The van der Waals surface area contributed by atoms with Crippen LogP contribution in [0.3, 0.4) is 0 Å². The predicted octanol–water partition coefficient (Wildman–Crippen LogP) is 0.670. The Bertz CT molecular complexity index is 109. The van der Waals surface area contributed by atoms with E-state index in [1.807, 2.05) is 0 Å². The lowest BCUT2D eigenvalue weighted by Crippen LogP contribution is -2.25. The third kappa shape index (κ3) is 0.967. The van der Waals surface area contributed by atoms with E-state index in [1.165, 1.54) is 0 Å². The number of rotatable bonds is 2. The number of amidine groups is 1. The summed E-state index contributed by atoms with van der Waals surface area (Å²) < 4.78 is 12.4. The molecule has 8 heavy (non-hydrogen) atoms. The van der Waals surface area contributed by atoms with Crippen molar-refractivity contribution in [2.24, 2.45) is 11.7 Å². The molecule has 1 unspecified atom stereocenters. The highest BCUT2D eigenvalue weighted by Crippen LogP contribution is 2.34. The van der Waals surface area contributed by atoms with Crippen molar-refractivity contribution < 1.29 is 4.39 Å². The number of alkyl halides is 1. The first-order valence-electron chi connectivity index (χ1n) is 2.70. The maximum Gasteiger partial charge on any atom is 0.159 e. The van der Waals surface area contributed by atoms with Crippen LogP contribution < -0.4 is 5.73 Å². The van der Waals surface area contributed by atoms with Crippen molar-refractivity contribution in [3.8, 4) is 0 Å². The van der Waals surface area contributed by atoms with Gasteiger partial charge in [-0.25, -0.2) is 4.39 Å². The zero-order valence-electron chi connectivity index (χ0n) is 4.52. The van der Waals surface area contributed by atoms with Gasteiger partial charge in [-0.15, -0.1) is 0 Å². The van der Waals surface area contributed by atoms with Gasteiger partial charge in [0, 0.05) is 0 Å². The smallest absolute Gasteiger partial charge is 0.159 e. The van der Waals surface area contributed by atoms with Crippen LogP contribution >= 0.6 is 0 Å². The molecule has 0 aromatic rings. The number of nitrogens with two attached hydrogens (primary N) is 1.